The predicted molar refractivity (Wildman–Crippen MR) is 133 cm³/mol. The summed E-state index contributed by atoms with van der Waals surface area (Å²) in [6.45, 7) is -0.0731. The van der Waals surface area contributed by atoms with Crippen molar-refractivity contribution in [2.75, 3.05) is 27.0 Å². The van der Waals surface area contributed by atoms with Crippen molar-refractivity contribution >= 4 is 10.0 Å². The summed E-state index contributed by atoms with van der Waals surface area (Å²) in [7, 11) is -0.870. The number of rotatable bonds is 9. The van der Waals surface area contributed by atoms with Crippen LogP contribution in [0.3, 0.4) is 0 Å². The molecule has 8 heteroatoms. The molecule has 2 atom stereocenters. The number of β-amino-alcohol motifs (C(OH)–C–C–N with tert-alkyl or cyclic N) is 1. The van der Waals surface area contributed by atoms with Gasteiger partial charge in [-0.15, -0.1) is 0 Å². The Morgan fingerprint density at radius 3 is 1.54 bits per heavy atom. The van der Waals surface area contributed by atoms with Gasteiger partial charge in [0.25, 0.3) is 0 Å². The van der Waals surface area contributed by atoms with Crippen LogP contribution in [0.15, 0.2) is 91.0 Å². The van der Waals surface area contributed by atoms with Crippen LogP contribution in [0, 0.1) is 0 Å². The lowest BCUT2D eigenvalue weighted by atomic mass is 9.80. The Labute approximate surface area is 206 Å². The molecule has 0 bridgehead atoms. The smallest absolute Gasteiger partial charge is 0.301 e. The zero-order chi connectivity index (χ0) is 25.1. The molecule has 1 fully saturated rings. The molecule has 35 heavy (non-hydrogen) atoms. The molecule has 7 nitrogen and oxygen atoms in total. The minimum Gasteiger partial charge on any atom is -0.392 e. The molecule has 1 aliphatic rings. The van der Waals surface area contributed by atoms with Crippen LogP contribution in [0.2, 0.25) is 0 Å². The maximum absolute atomic E-state index is 12.7. The Kier molecular flexibility index (Phi) is 7.42. The van der Waals surface area contributed by atoms with Crippen molar-refractivity contribution in [1.82, 2.24) is 4.31 Å². The summed E-state index contributed by atoms with van der Waals surface area (Å²) in [5.74, 6) is -1.85. The molecular weight excluding hydrogens is 466 g/mol. The van der Waals surface area contributed by atoms with E-state index in [2.05, 4.69) is 0 Å². The molecule has 0 spiro atoms. The standard InChI is InChI=1S/C27H31NO6S/c1-32-27(33-2,25-19-24(29)20-28(25)35(3,30)31)34-26(21-13-7-4-8-14-21,22-15-9-5-10-16-22)23-17-11-6-12-18-23/h4-18,24-25,29H,19-20H2,1-3H3. The van der Waals surface area contributed by atoms with E-state index in [9.17, 15) is 13.5 Å². The van der Waals surface area contributed by atoms with Gasteiger partial charge in [-0.2, -0.15) is 4.31 Å². The summed E-state index contributed by atoms with van der Waals surface area (Å²) < 4.78 is 45.4. The fraction of sp³-hybridized carbons (Fsp3) is 0.333. The van der Waals surface area contributed by atoms with Crippen molar-refractivity contribution < 1.29 is 27.7 Å². The van der Waals surface area contributed by atoms with Crippen LogP contribution in [-0.2, 0) is 29.8 Å². The van der Waals surface area contributed by atoms with Gasteiger partial charge in [-0.25, -0.2) is 8.42 Å². The summed E-state index contributed by atoms with van der Waals surface area (Å²) in [6, 6.07) is 28.1. The first kappa shape index (κ1) is 25.5. The van der Waals surface area contributed by atoms with Gasteiger partial charge in [0.2, 0.25) is 10.0 Å². The third-order valence-electron chi connectivity index (χ3n) is 6.47. The molecule has 1 saturated heterocycles. The van der Waals surface area contributed by atoms with Crippen LogP contribution in [-0.4, -0.2) is 63.0 Å². The summed E-state index contributed by atoms with van der Waals surface area (Å²) in [5.41, 5.74) is 1.19. The van der Waals surface area contributed by atoms with Gasteiger partial charge in [0, 0.05) is 20.8 Å². The molecule has 0 amide bonds. The fourth-order valence-electron chi connectivity index (χ4n) is 4.89. The summed E-state index contributed by atoms with van der Waals surface area (Å²) >= 11 is 0. The molecule has 2 unspecified atom stereocenters. The van der Waals surface area contributed by atoms with Gasteiger partial charge >= 0.3 is 5.97 Å². The molecule has 0 aromatic heterocycles. The first-order valence-corrected chi connectivity index (χ1v) is 13.2. The number of hydrogen-bond acceptors (Lipinski definition) is 6. The van der Waals surface area contributed by atoms with Crippen LogP contribution in [0.4, 0.5) is 0 Å². The summed E-state index contributed by atoms with van der Waals surface area (Å²) in [4.78, 5) is 0. The lowest BCUT2D eigenvalue weighted by Crippen LogP contribution is -2.59. The zero-order valence-electron chi connectivity index (χ0n) is 20.1. The number of hydrogen-bond donors (Lipinski definition) is 1. The van der Waals surface area contributed by atoms with Gasteiger partial charge in [-0.3, -0.25) is 0 Å². The number of aliphatic hydroxyl groups excluding tert-OH is 1. The summed E-state index contributed by atoms with van der Waals surface area (Å²) in [6.07, 6.45) is 0.304. The molecule has 0 radical (unpaired) electrons. The van der Waals surface area contributed by atoms with E-state index in [0.29, 0.717) is 0 Å². The molecule has 1 aliphatic heterocycles. The molecule has 1 heterocycles. The number of sulfonamides is 1. The van der Waals surface area contributed by atoms with Crippen LogP contribution in [0.5, 0.6) is 0 Å². The Hall–Kier alpha value is -2.59. The van der Waals surface area contributed by atoms with E-state index in [1.54, 1.807) is 0 Å². The Morgan fingerprint density at radius 2 is 1.20 bits per heavy atom. The summed E-state index contributed by atoms with van der Waals surface area (Å²) in [5, 5.41) is 10.5. The highest BCUT2D eigenvalue weighted by molar-refractivity contribution is 7.88. The lowest BCUT2D eigenvalue weighted by Gasteiger charge is -2.46. The fourth-order valence-corrected chi connectivity index (χ4v) is 6.01. The number of nitrogens with zero attached hydrogens (tertiary/aromatic N) is 1. The highest BCUT2D eigenvalue weighted by atomic mass is 32.2. The average molecular weight is 498 g/mol. The maximum atomic E-state index is 12.7. The first-order valence-electron chi connectivity index (χ1n) is 11.4. The van der Waals surface area contributed by atoms with E-state index in [4.69, 9.17) is 14.2 Å². The van der Waals surface area contributed by atoms with E-state index in [0.717, 1.165) is 22.9 Å². The molecule has 3 aromatic carbocycles. The van der Waals surface area contributed by atoms with Crippen molar-refractivity contribution in [2.45, 2.75) is 30.1 Å². The van der Waals surface area contributed by atoms with Gasteiger partial charge in [0.1, 0.15) is 11.6 Å². The van der Waals surface area contributed by atoms with Crippen molar-refractivity contribution in [3.8, 4) is 0 Å². The zero-order valence-corrected chi connectivity index (χ0v) is 20.9. The monoisotopic (exact) mass is 497 g/mol. The number of ether oxygens (including phenoxy) is 3. The molecular formula is C27H31NO6S. The van der Waals surface area contributed by atoms with Crippen LogP contribution >= 0.6 is 0 Å². The second-order valence-electron chi connectivity index (χ2n) is 8.63. The van der Waals surface area contributed by atoms with E-state index >= 15 is 0 Å². The SMILES string of the molecule is COC(OC)(OC(c1ccccc1)(c1ccccc1)c1ccccc1)C1CC(O)CN1S(C)(=O)=O. The second kappa shape index (κ2) is 10.2. The van der Waals surface area contributed by atoms with Gasteiger partial charge in [-0.05, 0) is 23.1 Å². The number of methoxy groups -OCH3 is 2. The van der Waals surface area contributed by atoms with Gasteiger partial charge in [0.05, 0.1) is 12.4 Å². The third kappa shape index (κ3) is 4.78. The van der Waals surface area contributed by atoms with Gasteiger partial charge in [-0.1, -0.05) is 91.0 Å². The van der Waals surface area contributed by atoms with E-state index < -0.39 is 33.7 Å². The highest BCUT2D eigenvalue weighted by Crippen LogP contribution is 2.46. The van der Waals surface area contributed by atoms with Crippen molar-refractivity contribution in [3.63, 3.8) is 0 Å². The third-order valence-corrected chi connectivity index (χ3v) is 7.73. The van der Waals surface area contributed by atoms with Crippen LogP contribution in [0.1, 0.15) is 23.1 Å². The van der Waals surface area contributed by atoms with Crippen molar-refractivity contribution in [2.24, 2.45) is 0 Å². The number of benzene rings is 3. The molecule has 0 aliphatic carbocycles. The van der Waals surface area contributed by atoms with Crippen LogP contribution < -0.4 is 0 Å². The molecule has 3 aromatic rings. The predicted octanol–water partition coefficient (Wildman–Crippen LogP) is 3.34. The normalized spacial score (nSPS) is 19.7. The maximum Gasteiger partial charge on any atom is 0.301 e. The average Bonchev–Trinajstić information content (AvgIpc) is 3.30. The lowest BCUT2D eigenvalue weighted by molar-refractivity contribution is -0.404. The van der Waals surface area contributed by atoms with Crippen molar-refractivity contribution in [1.29, 1.82) is 0 Å². The minimum absolute atomic E-state index is 0.0731. The second-order valence-corrected chi connectivity index (χ2v) is 10.6. The van der Waals surface area contributed by atoms with E-state index in [1.807, 2.05) is 91.0 Å². The molecule has 4 rings (SSSR count). The van der Waals surface area contributed by atoms with Gasteiger partial charge in [0.15, 0.2) is 0 Å². The van der Waals surface area contributed by atoms with E-state index in [-0.39, 0.29) is 13.0 Å². The van der Waals surface area contributed by atoms with Crippen LogP contribution in [0.25, 0.3) is 0 Å². The molecule has 1 N–H and O–H groups in total. The largest absolute Gasteiger partial charge is 0.392 e. The Morgan fingerprint density at radius 1 is 0.800 bits per heavy atom. The Balaban J connectivity index is 1.99. The first-order chi connectivity index (χ1) is 16.8. The topological polar surface area (TPSA) is 85.3 Å². The van der Waals surface area contributed by atoms with Gasteiger partial charge < -0.3 is 19.3 Å². The van der Waals surface area contributed by atoms with E-state index in [1.165, 1.54) is 18.5 Å². The number of aliphatic hydroxyl groups is 1. The molecule has 0 saturated carbocycles. The molecule has 186 valence electrons. The quantitative estimate of drug-likeness (QED) is 0.361. The highest BCUT2D eigenvalue weighted by Gasteiger charge is 2.57. The Bertz CT molecular complexity index is 1100. The van der Waals surface area contributed by atoms with Crippen molar-refractivity contribution in [3.05, 3.63) is 108 Å². The minimum atomic E-state index is -3.70.